The van der Waals surface area contributed by atoms with Crippen LogP contribution in [0.1, 0.15) is 62.2 Å². The van der Waals surface area contributed by atoms with Gasteiger partial charge in [-0.05, 0) is 30.7 Å². The number of aromatic nitrogens is 4. The van der Waals surface area contributed by atoms with Gasteiger partial charge in [0.05, 0.1) is 11.1 Å². The minimum absolute atomic E-state index is 0.101. The number of fused-ring (bicyclic) bond motifs is 3. The molecule has 0 spiro atoms. The first-order valence-corrected chi connectivity index (χ1v) is 11.2. The van der Waals surface area contributed by atoms with E-state index in [-0.39, 0.29) is 11.5 Å². The third kappa shape index (κ3) is 3.57. The standard InChI is InChI=1S/C19H24N4O2S2/c1-10(2)8-23-18(24)15-12-6-5-7-13(12)27-17(15)21-19(23)26-9-14-20-16(11(3)4)22-25-14/h10-11H,5-9H2,1-4H3. The van der Waals surface area contributed by atoms with Crippen LogP contribution in [0.25, 0.3) is 10.2 Å². The van der Waals surface area contributed by atoms with E-state index in [1.54, 1.807) is 11.3 Å². The van der Waals surface area contributed by atoms with Gasteiger partial charge in [0.25, 0.3) is 5.56 Å². The number of nitrogens with zero attached hydrogens (tertiary/aromatic N) is 4. The Labute approximate surface area is 166 Å². The molecule has 0 atom stereocenters. The Morgan fingerprint density at radius 2 is 2.04 bits per heavy atom. The van der Waals surface area contributed by atoms with Crippen LogP contribution < -0.4 is 5.56 Å². The second kappa shape index (κ2) is 7.39. The molecule has 1 aliphatic carbocycles. The maximum atomic E-state index is 13.3. The average Bonchev–Trinajstić information content (AvgIpc) is 3.30. The summed E-state index contributed by atoms with van der Waals surface area (Å²) < 4.78 is 7.18. The first-order valence-electron chi connectivity index (χ1n) is 9.44. The fraction of sp³-hybridized carbons (Fsp3) is 0.579. The normalized spacial score (nSPS) is 14.0. The molecule has 0 aromatic carbocycles. The second-order valence-corrected chi connectivity index (χ2v) is 9.76. The summed E-state index contributed by atoms with van der Waals surface area (Å²) in [6.07, 6.45) is 3.22. The Balaban J connectivity index is 1.70. The molecule has 0 N–H and O–H groups in total. The lowest BCUT2D eigenvalue weighted by Gasteiger charge is -2.13. The smallest absolute Gasteiger partial charge is 0.263 e. The molecule has 8 heteroatoms. The van der Waals surface area contributed by atoms with E-state index in [0.29, 0.717) is 29.9 Å². The monoisotopic (exact) mass is 404 g/mol. The number of rotatable bonds is 6. The van der Waals surface area contributed by atoms with Gasteiger partial charge in [-0.2, -0.15) is 4.98 Å². The zero-order valence-corrected chi connectivity index (χ0v) is 17.7. The van der Waals surface area contributed by atoms with Crippen LogP contribution in [0.5, 0.6) is 0 Å². The first kappa shape index (κ1) is 18.7. The molecule has 0 saturated carbocycles. The van der Waals surface area contributed by atoms with E-state index in [1.165, 1.54) is 22.2 Å². The SMILES string of the molecule is CC(C)Cn1c(SCc2nc(C(C)C)no2)nc2sc3c(c2c1=O)CCC3. The van der Waals surface area contributed by atoms with E-state index >= 15 is 0 Å². The Kier molecular flexibility index (Phi) is 5.11. The van der Waals surface area contributed by atoms with Gasteiger partial charge in [-0.25, -0.2) is 4.98 Å². The van der Waals surface area contributed by atoms with Crippen molar-refractivity contribution in [1.82, 2.24) is 19.7 Å². The van der Waals surface area contributed by atoms with Crippen LogP contribution in [0, 0.1) is 5.92 Å². The Morgan fingerprint density at radius 1 is 1.22 bits per heavy atom. The Hall–Kier alpha value is -1.67. The molecule has 0 radical (unpaired) electrons. The molecule has 0 bridgehead atoms. The number of hydrogen-bond acceptors (Lipinski definition) is 7. The van der Waals surface area contributed by atoms with Crippen molar-refractivity contribution in [2.75, 3.05) is 0 Å². The molecule has 0 fully saturated rings. The number of hydrogen-bond donors (Lipinski definition) is 0. The molecule has 6 nitrogen and oxygen atoms in total. The van der Waals surface area contributed by atoms with Gasteiger partial charge in [0.2, 0.25) is 5.89 Å². The molecule has 27 heavy (non-hydrogen) atoms. The summed E-state index contributed by atoms with van der Waals surface area (Å²) in [5.41, 5.74) is 1.34. The van der Waals surface area contributed by atoms with Crippen molar-refractivity contribution in [3.05, 3.63) is 32.5 Å². The molecule has 1 aliphatic rings. The summed E-state index contributed by atoms with van der Waals surface area (Å²) in [7, 11) is 0. The predicted molar refractivity (Wildman–Crippen MR) is 109 cm³/mol. The van der Waals surface area contributed by atoms with Crippen molar-refractivity contribution in [2.24, 2.45) is 5.92 Å². The summed E-state index contributed by atoms with van der Waals surface area (Å²) in [6, 6.07) is 0. The number of thiophene rings is 1. The van der Waals surface area contributed by atoms with Crippen molar-refractivity contribution in [3.8, 4) is 0 Å². The fourth-order valence-corrected chi connectivity index (χ4v) is 5.53. The van der Waals surface area contributed by atoms with E-state index in [0.717, 1.165) is 34.6 Å². The van der Waals surface area contributed by atoms with Crippen molar-refractivity contribution >= 4 is 33.3 Å². The minimum atomic E-state index is 0.101. The van der Waals surface area contributed by atoms with Crippen LogP contribution in [0.2, 0.25) is 0 Å². The van der Waals surface area contributed by atoms with Crippen molar-refractivity contribution in [3.63, 3.8) is 0 Å². The minimum Gasteiger partial charge on any atom is -0.338 e. The summed E-state index contributed by atoms with van der Waals surface area (Å²) in [5, 5.41) is 5.60. The summed E-state index contributed by atoms with van der Waals surface area (Å²) >= 11 is 3.18. The van der Waals surface area contributed by atoms with Gasteiger partial charge in [-0.15, -0.1) is 11.3 Å². The van der Waals surface area contributed by atoms with Gasteiger partial charge in [-0.1, -0.05) is 44.6 Å². The highest BCUT2D eigenvalue weighted by molar-refractivity contribution is 7.98. The largest absolute Gasteiger partial charge is 0.338 e. The van der Waals surface area contributed by atoms with Gasteiger partial charge < -0.3 is 4.52 Å². The molecule has 0 aliphatic heterocycles. The lowest BCUT2D eigenvalue weighted by atomic mass is 10.2. The molecular weight excluding hydrogens is 380 g/mol. The van der Waals surface area contributed by atoms with Crippen molar-refractivity contribution in [1.29, 1.82) is 0 Å². The van der Waals surface area contributed by atoms with Gasteiger partial charge >= 0.3 is 0 Å². The molecule has 144 valence electrons. The molecule has 3 aromatic heterocycles. The third-order valence-electron chi connectivity index (χ3n) is 4.66. The lowest BCUT2D eigenvalue weighted by Crippen LogP contribution is -2.25. The molecule has 3 aromatic rings. The average molecular weight is 405 g/mol. The maximum Gasteiger partial charge on any atom is 0.263 e. The predicted octanol–water partition coefficient (Wildman–Crippen LogP) is 4.40. The van der Waals surface area contributed by atoms with Crippen molar-refractivity contribution in [2.45, 2.75) is 70.3 Å². The van der Waals surface area contributed by atoms with Gasteiger partial charge in [0.15, 0.2) is 11.0 Å². The zero-order chi connectivity index (χ0) is 19.1. The maximum absolute atomic E-state index is 13.3. The highest BCUT2D eigenvalue weighted by Gasteiger charge is 2.24. The summed E-state index contributed by atoms with van der Waals surface area (Å²) in [4.78, 5) is 24.8. The van der Waals surface area contributed by atoms with E-state index in [2.05, 4.69) is 24.0 Å². The first-order chi connectivity index (χ1) is 12.9. The highest BCUT2D eigenvalue weighted by Crippen LogP contribution is 2.36. The molecule has 0 amide bonds. The molecule has 0 unspecified atom stereocenters. The zero-order valence-electron chi connectivity index (χ0n) is 16.1. The van der Waals surface area contributed by atoms with Crippen LogP contribution in [-0.4, -0.2) is 19.7 Å². The summed E-state index contributed by atoms with van der Waals surface area (Å²) in [6.45, 7) is 8.98. The van der Waals surface area contributed by atoms with Gasteiger partial charge in [0.1, 0.15) is 4.83 Å². The van der Waals surface area contributed by atoms with Crippen LogP contribution in [0.3, 0.4) is 0 Å². The second-order valence-electron chi connectivity index (χ2n) is 7.73. The van der Waals surface area contributed by atoms with E-state index in [4.69, 9.17) is 9.51 Å². The topological polar surface area (TPSA) is 73.8 Å². The van der Waals surface area contributed by atoms with Crippen molar-refractivity contribution < 1.29 is 4.52 Å². The third-order valence-corrected chi connectivity index (χ3v) is 6.81. The highest BCUT2D eigenvalue weighted by atomic mass is 32.2. The van der Waals surface area contributed by atoms with Gasteiger partial charge in [-0.3, -0.25) is 9.36 Å². The van der Waals surface area contributed by atoms with Crippen LogP contribution in [0.4, 0.5) is 0 Å². The van der Waals surface area contributed by atoms with E-state index < -0.39 is 0 Å². The lowest BCUT2D eigenvalue weighted by molar-refractivity contribution is 0.382. The van der Waals surface area contributed by atoms with Crippen LogP contribution in [0.15, 0.2) is 14.5 Å². The fourth-order valence-electron chi connectivity index (χ4n) is 3.38. The molecular formula is C19H24N4O2S2. The Morgan fingerprint density at radius 3 is 2.74 bits per heavy atom. The number of thioether (sulfide) groups is 1. The molecule has 4 rings (SSSR count). The quantitative estimate of drug-likeness (QED) is 0.448. The van der Waals surface area contributed by atoms with Crippen LogP contribution >= 0.6 is 23.1 Å². The summed E-state index contributed by atoms with van der Waals surface area (Å²) in [5.74, 6) is 2.39. The van der Waals surface area contributed by atoms with E-state index in [1.807, 2.05) is 18.4 Å². The Bertz CT molecular complexity index is 1030. The molecule has 3 heterocycles. The van der Waals surface area contributed by atoms with Crippen LogP contribution in [-0.2, 0) is 25.1 Å². The van der Waals surface area contributed by atoms with E-state index in [9.17, 15) is 4.79 Å². The number of aryl methyl sites for hydroxylation is 2. The molecule has 0 saturated heterocycles. The van der Waals surface area contributed by atoms with Gasteiger partial charge in [0, 0.05) is 17.3 Å².